The number of aliphatic carboxylic acids is 1. The third kappa shape index (κ3) is 7.20. The Labute approximate surface area is 234 Å². The van der Waals surface area contributed by atoms with Crippen molar-refractivity contribution in [3.8, 4) is 11.1 Å². The summed E-state index contributed by atoms with van der Waals surface area (Å²) in [5, 5.41) is 12.4. The van der Waals surface area contributed by atoms with Crippen molar-refractivity contribution in [3.05, 3.63) is 125 Å². The van der Waals surface area contributed by atoms with Crippen LogP contribution >= 0.6 is 0 Å². The summed E-state index contributed by atoms with van der Waals surface area (Å²) in [6, 6.07) is 25.9. The van der Waals surface area contributed by atoms with E-state index in [1.807, 2.05) is 74.5 Å². The summed E-state index contributed by atoms with van der Waals surface area (Å²) < 4.78 is 0. The number of benzene rings is 3. The zero-order valence-corrected chi connectivity index (χ0v) is 22.7. The number of carboxylic acids is 1. The molecule has 4 rings (SSSR count). The number of hydrogen-bond donors (Lipinski definition) is 2. The van der Waals surface area contributed by atoms with E-state index in [2.05, 4.69) is 10.3 Å². The van der Waals surface area contributed by atoms with Gasteiger partial charge in [0.25, 0.3) is 11.8 Å². The molecule has 0 unspecified atom stereocenters. The van der Waals surface area contributed by atoms with Gasteiger partial charge in [0.1, 0.15) is 0 Å². The Hall–Kier alpha value is -4.78. The second-order valence-corrected chi connectivity index (χ2v) is 9.74. The Bertz CT molecular complexity index is 1470. The summed E-state index contributed by atoms with van der Waals surface area (Å²) in [6.45, 7) is 4.38. The van der Waals surface area contributed by atoms with E-state index in [9.17, 15) is 19.5 Å². The number of pyridine rings is 1. The van der Waals surface area contributed by atoms with Crippen LogP contribution in [0.15, 0.2) is 97.3 Å². The second kappa shape index (κ2) is 13.3. The first-order valence-corrected chi connectivity index (χ1v) is 13.3. The van der Waals surface area contributed by atoms with E-state index in [1.54, 1.807) is 41.6 Å². The Balaban J connectivity index is 1.62. The average molecular weight is 536 g/mol. The maximum atomic E-state index is 13.9. The van der Waals surface area contributed by atoms with Gasteiger partial charge in [-0.05, 0) is 66.8 Å². The molecule has 7 heteroatoms. The normalized spacial score (nSPS) is 11.4. The maximum absolute atomic E-state index is 13.9. The molecule has 0 bridgehead atoms. The number of carbonyl (C=O) groups excluding carboxylic acids is 2. The lowest BCUT2D eigenvalue weighted by atomic mass is 9.94. The highest BCUT2D eigenvalue weighted by Gasteiger charge is 2.23. The minimum atomic E-state index is -0.972. The van der Waals surface area contributed by atoms with Crippen LogP contribution in [0.3, 0.4) is 0 Å². The van der Waals surface area contributed by atoms with Crippen LogP contribution in [0.4, 0.5) is 0 Å². The van der Waals surface area contributed by atoms with Crippen LogP contribution in [0.25, 0.3) is 11.1 Å². The zero-order valence-electron chi connectivity index (χ0n) is 22.7. The van der Waals surface area contributed by atoms with Gasteiger partial charge in [0.15, 0.2) is 0 Å². The largest absolute Gasteiger partial charge is 0.481 e. The lowest BCUT2D eigenvalue weighted by Gasteiger charge is -2.24. The first kappa shape index (κ1) is 28.2. The molecule has 3 aromatic carbocycles. The lowest BCUT2D eigenvalue weighted by molar-refractivity contribution is -0.137. The Morgan fingerprint density at radius 1 is 0.825 bits per heavy atom. The van der Waals surface area contributed by atoms with E-state index in [0.717, 1.165) is 16.7 Å². The molecule has 204 valence electrons. The summed E-state index contributed by atoms with van der Waals surface area (Å²) >= 11 is 0. The molecule has 2 N–H and O–H groups in total. The SMILES string of the molecule is Cc1ccc([C@@H](C)NC(=O)c2ccccc2-c2ccccc2C(=O)N(CCC(=O)O)CCc2ccncc2)cc1. The second-order valence-electron chi connectivity index (χ2n) is 9.74. The van der Waals surface area contributed by atoms with Gasteiger partial charge in [-0.2, -0.15) is 0 Å². The number of nitrogens with one attached hydrogen (secondary N) is 1. The highest BCUT2D eigenvalue weighted by Crippen LogP contribution is 2.29. The van der Waals surface area contributed by atoms with E-state index in [-0.39, 0.29) is 30.8 Å². The van der Waals surface area contributed by atoms with Crippen molar-refractivity contribution in [2.24, 2.45) is 0 Å². The van der Waals surface area contributed by atoms with Crippen LogP contribution in [0.5, 0.6) is 0 Å². The molecule has 40 heavy (non-hydrogen) atoms. The molecule has 0 saturated carbocycles. The highest BCUT2D eigenvalue weighted by atomic mass is 16.4. The van der Waals surface area contributed by atoms with Gasteiger partial charge < -0.3 is 15.3 Å². The summed E-state index contributed by atoms with van der Waals surface area (Å²) in [7, 11) is 0. The van der Waals surface area contributed by atoms with Gasteiger partial charge in [0, 0.05) is 36.6 Å². The van der Waals surface area contributed by atoms with E-state index in [4.69, 9.17) is 0 Å². The summed E-state index contributed by atoms with van der Waals surface area (Å²) in [6.07, 6.45) is 3.78. The van der Waals surface area contributed by atoms with Gasteiger partial charge in [-0.25, -0.2) is 0 Å². The van der Waals surface area contributed by atoms with Gasteiger partial charge in [-0.1, -0.05) is 66.2 Å². The molecule has 1 heterocycles. The zero-order chi connectivity index (χ0) is 28.5. The summed E-state index contributed by atoms with van der Waals surface area (Å²) in [4.78, 5) is 44.3. The monoisotopic (exact) mass is 535 g/mol. The number of carboxylic acid groups (broad SMARTS) is 1. The fraction of sp³-hybridized carbons (Fsp3) is 0.212. The van der Waals surface area contributed by atoms with Gasteiger partial charge in [0.05, 0.1) is 12.5 Å². The molecule has 7 nitrogen and oxygen atoms in total. The number of nitrogens with zero attached hydrogens (tertiary/aromatic N) is 2. The molecule has 1 atom stereocenters. The van der Waals surface area contributed by atoms with Gasteiger partial charge in [0.2, 0.25) is 0 Å². The first-order valence-electron chi connectivity index (χ1n) is 13.3. The Morgan fingerprint density at radius 2 is 1.43 bits per heavy atom. The van der Waals surface area contributed by atoms with Crippen LogP contribution in [-0.2, 0) is 11.2 Å². The number of aryl methyl sites for hydroxylation is 1. The fourth-order valence-electron chi connectivity index (χ4n) is 4.56. The van der Waals surface area contributed by atoms with Crippen molar-refractivity contribution >= 4 is 17.8 Å². The van der Waals surface area contributed by atoms with E-state index in [1.165, 1.54) is 0 Å². The molecule has 0 aliphatic heterocycles. The van der Waals surface area contributed by atoms with Crippen molar-refractivity contribution in [1.29, 1.82) is 0 Å². The smallest absolute Gasteiger partial charge is 0.305 e. The van der Waals surface area contributed by atoms with Crippen molar-refractivity contribution in [1.82, 2.24) is 15.2 Å². The predicted octanol–water partition coefficient (Wildman–Crippen LogP) is 5.71. The molecule has 1 aromatic heterocycles. The third-order valence-electron chi connectivity index (χ3n) is 6.85. The van der Waals surface area contributed by atoms with Crippen LogP contribution in [0.2, 0.25) is 0 Å². The minimum absolute atomic E-state index is 0.0732. The minimum Gasteiger partial charge on any atom is -0.481 e. The number of carbonyl (C=O) groups is 3. The van der Waals surface area contributed by atoms with Crippen LogP contribution in [0, 0.1) is 6.92 Å². The predicted molar refractivity (Wildman–Crippen MR) is 155 cm³/mol. The Kier molecular flexibility index (Phi) is 9.41. The molecule has 0 fully saturated rings. The van der Waals surface area contributed by atoms with E-state index >= 15 is 0 Å². The molecule has 0 aliphatic carbocycles. The van der Waals surface area contributed by atoms with Crippen molar-refractivity contribution in [2.45, 2.75) is 32.7 Å². The summed E-state index contributed by atoms with van der Waals surface area (Å²) in [5.74, 6) is -1.50. The number of rotatable bonds is 11. The van der Waals surface area contributed by atoms with Crippen LogP contribution < -0.4 is 5.32 Å². The molecule has 2 amide bonds. The molecule has 4 aromatic rings. The molecular formula is C33H33N3O4. The van der Waals surface area contributed by atoms with Gasteiger partial charge in [-0.3, -0.25) is 19.4 Å². The van der Waals surface area contributed by atoms with Gasteiger partial charge >= 0.3 is 5.97 Å². The average Bonchev–Trinajstić information content (AvgIpc) is 2.97. The third-order valence-corrected chi connectivity index (χ3v) is 6.85. The quantitative estimate of drug-likeness (QED) is 0.256. The molecule has 0 aliphatic rings. The molecule has 0 radical (unpaired) electrons. The van der Waals surface area contributed by atoms with Crippen LogP contribution in [0.1, 0.15) is 56.8 Å². The molecule has 0 spiro atoms. The van der Waals surface area contributed by atoms with Gasteiger partial charge in [-0.15, -0.1) is 0 Å². The fourth-order valence-corrected chi connectivity index (χ4v) is 4.56. The lowest BCUT2D eigenvalue weighted by Crippen LogP contribution is -2.35. The Morgan fingerprint density at radius 3 is 2.08 bits per heavy atom. The first-order chi connectivity index (χ1) is 19.3. The summed E-state index contributed by atoms with van der Waals surface area (Å²) in [5.41, 5.74) is 5.26. The van der Waals surface area contributed by atoms with Crippen LogP contribution in [-0.4, -0.2) is 45.9 Å². The molecular weight excluding hydrogens is 502 g/mol. The van der Waals surface area contributed by atoms with Crippen molar-refractivity contribution < 1.29 is 19.5 Å². The number of amides is 2. The molecule has 0 saturated heterocycles. The van der Waals surface area contributed by atoms with E-state index in [0.29, 0.717) is 35.2 Å². The number of hydrogen-bond acceptors (Lipinski definition) is 4. The van der Waals surface area contributed by atoms with Crippen molar-refractivity contribution in [2.75, 3.05) is 13.1 Å². The maximum Gasteiger partial charge on any atom is 0.305 e. The topological polar surface area (TPSA) is 99.6 Å². The van der Waals surface area contributed by atoms with Crippen molar-refractivity contribution in [3.63, 3.8) is 0 Å². The van der Waals surface area contributed by atoms with E-state index < -0.39 is 5.97 Å². The highest BCUT2D eigenvalue weighted by molar-refractivity contribution is 6.06. The number of aromatic nitrogens is 1. The standard InChI is InChI=1S/C33H33N3O4/c1-23-11-13-26(14-12-23)24(2)35-32(39)29-9-5-3-7-27(29)28-8-4-6-10-30(28)33(40)36(22-18-31(37)38)21-17-25-15-19-34-20-16-25/h3-16,19-20,24H,17-18,21-22H2,1-2H3,(H,35,39)(H,37,38)/t24-/m1/s1.